The van der Waals surface area contributed by atoms with Crippen LogP contribution in [0.3, 0.4) is 0 Å². The minimum absolute atomic E-state index is 0. The Morgan fingerprint density at radius 2 is 1.97 bits per heavy atom. The number of halogens is 2. The predicted octanol–water partition coefficient (Wildman–Crippen LogP) is 2.80. The minimum atomic E-state index is -0.0695. The van der Waals surface area contributed by atoms with Gasteiger partial charge in [-0.25, -0.2) is 19.0 Å². The summed E-state index contributed by atoms with van der Waals surface area (Å²) < 4.78 is 5.48. The average molecular weight is 439 g/mol. The van der Waals surface area contributed by atoms with Crippen molar-refractivity contribution in [1.29, 1.82) is 0 Å². The predicted molar refractivity (Wildman–Crippen MR) is 119 cm³/mol. The van der Waals surface area contributed by atoms with E-state index in [0.29, 0.717) is 13.1 Å². The minimum Gasteiger partial charge on any atom is -0.333 e. The number of imidazole rings is 1. The molecule has 1 aliphatic rings. The summed E-state index contributed by atoms with van der Waals surface area (Å²) >= 11 is 0. The van der Waals surface area contributed by atoms with Gasteiger partial charge in [0.25, 0.3) is 0 Å². The lowest BCUT2D eigenvalue weighted by Gasteiger charge is -2.22. The van der Waals surface area contributed by atoms with Gasteiger partial charge >= 0.3 is 5.69 Å². The molecule has 1 N–H and O–H groups in total. The number of benzene rings is 1. The summed E-state index contributed by atoms with van der Waals surface area (Å²) in [5.74, 6) is 2.15. The number of hydrogen-bond donors (Lipinski definition) is 1. The fourth-order valence-corrected chi connectivity index (χ4v) is 3.79. The van der Waals surface area contributed by atoms with Gasteiger partial charge in [0.05, 0.1) is 12.2 Å². The normalized spacial score (nSPS) is 16.1. The fraction of sp³-hybridized carbons (Fsp3) is 0.450. The third-order valence-electron chi connectivity index (χ3n) is 5.21. The van der Waals surface area contributed by atoms with Gasteiger partial charge in [0.1, 0.15) is 11.6 Å². The van der Waals surface area contributed by atoms with E-state index in [9.17, 15) is 4.79 Å². The highest BCUT2D eigenvalue weighted by molar-refractivity contribution is 5.85. The maximum absolute atomic E-state index is 13.2. The van der Waals surface area contributed by atoms with Crippen LogP contribution in [0, 0.1) is 0 Å². The summed E-state index contributed by atoms with van der Waals surface area (Å²) in [5.41, 5.74) is 0.811. The summed E-state index contributed by atoms with van der Waals surface area (Å²) in [6, 6.07) is 9.82. The van der Waals surface area contributed by atoms with Gasteiger partial charge in [0, 0.05) is 37.8 Å². The number of para-hydroxylation sites is 1. The molecule has 1 aromatic carbocycles. The standard InChI is InChI=1S/C20H26N6O.2ClH/c1-2-18-22-11-12-24(18)13-14-25-20(27)26(17-8-4-3-5-9-17)19(23-25)16-7-6-10-21-15-16;;/h3-5,8-9,11-12,16,21H,2,6-7,10,13-15H2,1H3;2*1H. The van der Waals surface area contributed by atoms with Crippen LogP contribution in [0.2, 0.25) is 0 Å². The Morgan fingerprint density at radius 1 is 1.17 bits per heavy atom. The monoisotopic (exact) mass is 438 g/mol. The largest absolute Gasteiger partial charge is 0.350 e. The van der Waals surface area contributed by atoms with Gasteiger partial charge in [-0.1, -0.05) is 25.1 Å². The molecule has 0 radical (unpaired) electrons. The Morgan fingerprint density at radius 3 is 2.66 bits per heavy atom. The highest BCUT2D eigenvalue weighted by Gasteiger charge is 2.24. The lowest BCUT2D eigenvalue weighted by atomic mass is 9.99. The van der Waals surface area contributed by atoms with Crippen LogP contribution >= 0.6 is 24.8 Å². The lowest BCUT2D eigenvalue weighted by Crippen LogP contribution is -2.31. The van der Waals surface area contributed by atoms with E-state index in [1.54, 1.807) is 9.25 Å². The second kappa shape index (κ2) is 10.6. The Balaban J connectivity index is 0.00000150. The molecule has 29 heavy (non-hydrogen) atoms. The first-order valence-electron chi connectivity index (χ1n) is 9.74. The molecular weight excluding hydrogens is 411 g/mol. The number of nitrogens with one attached hydrogen (secondary N) is 1. The van der Waals surface area contributed by atoms with E-state index in [1.807, 2.05) is 42.7 Å². The smallest absolute Gasteiger partial charge is 0.333 e. The van der Waals surface area contributed by atoms with Crippen LogP contribution in [0.4, 0.5) is 0 Å². The maximum atomic E-state index is 13.2. The molecule has 0 saturated carbocycles. The van der Waals surface area contributed by atoms with Gasteiger partial charge < -0.3 is 9.88 Å². The van der Waals surface area contributed by atoms with Crippen molar-refractivity contribution in [2.45, 2.75) is 45.2 Å². The zero-order chi connectivity index (χ0) is 18.6. The number of aromatic nitrogens is 5. The van der Waals surface area contributed by atoms with Crippen molar-refractivity contribution in [3.05, 3.63) is 64.9 Å². The Bertz CT molecular complexity index is 944. The maximum Gasteiger partial charge on any atom is 0.350 e. The first kappa shape index (κ1) is 23.2. The van der Waals surface area contributed by atoms with Gasteiger partial charge in [0.2, 0.25) is 0 Å². The van der Waals surface area contributed by atoms with E-state index in [1.165, 1.54) is 0 Å². The molecule has 1 aliphatic heterocycles. The number of rotatable bonds is 6. The van der Waals surface area contributed by atoms with Crippen LogP contribution in [0.25, 0.3) is 5.69 Å². The average Bonchev–Trinajstić information content (AvgIpc) is 3.31. The molecule has 7 nitrogen and oxygen atoms in total. The van der Waals surface area contributed by atoms with Crippen LogP contribution in [-0.4, -0.2) is 37.0 Å². The Kier molecular flexibility index (Phi) is 8.49. The molecule has 9 heteroatoms. The number of piperidine rings is 1. The molecule has 0 amide bonds. The van der Waals surface area contributed by atoms with E-state index in [0.717, 1.165) is 49.7 Å². The van der Waals surface area contributed by atoms with Crippen molar-refractivity contribution >= 4 is 24.8 Å². The van der Waals surface area contributed by atoms with Crippen LogP contribution in [0.15, 0.2) is 47.5 Å². The molecule has 1 atom stereocenters. The van der Waals surface area contributed by atoms with E-state index >= 15 is 0 Å². The van der Waals surface area contributed by atoms with Gasteiger partial charge in [-0.3, -0.25) is 0 Å². The van der Waals surface area contributed by atoms with Crippen molar-refractivity contribution in [3.63, 3.8) is 0 Å². The second-order valence-electron chi connectivity index (χ2n) is 6.97. The molecule has 158 valence electrons. The first-order valence-corrected chi connectivity index (χ1v) is 9.74. The second-order valence-corrected chi connectivity index (χ2v) is 6.97. The van der Waals surface area contributed by atoms with E-state index in [4.69, 9.17) is 5.10 Å². The zero-order valence-electron chi connectivity index (χ0n) is 16.5. The van der Waals surface area contributed by atoms with Crippen molar-refractivity contribution in [3.8, 4) is 5.69 Å². The molecule has 3 heterocycles. The quantitative estimate of drug-likeness (QED) is 0.642. The van der Waals surface area contributed by atoms with Gasteiger partial charge in [-0.2, -0.15) is 5.10 Å². The van der Waals surface area contributed by atoms with Crippen LogP contribution in [0.1, 0.15) is 37.3 Å². The zero-order valence-corrected chi connectivity index (χ0v) is 18.2. The molecule has 1 saturated heterocycles. The molecule has 0 spiro atoms. The van der Waals surface area contributed by atoms with Crippen LogP contribution < -0.4 is 11.0 Å². The Labute approximate surface area is 183 Å². The first-order chi connectivity index (χ1) is 13.3. The summed E-state index contributed by atoms with van der Waals surface area (Å²) in [6.07, 6.45) is 6.81. The van der Waals surface area contributed by atoms with Gasteiger partial charge in [0.15, 0.2) is 0 Å². The van der Waals surface area contributed by atoms with E-state index < -0.39 is 0 Å². The molecule has 1 unspecified atom stereocenters. The van der Waals surface area contributed by atoms with Crippen molar-refractivity contribution in [1.82, 2.24) is 29.2 Å². The van der Waals surface area contributed by atoms with Crippen LogP contribution in [0.5, 0.6) is 0 Å². The fourth-order valence-electron chi connectivity index (χ4n) is 3.79. The summed E-state index contributed by atoms with van der Waals surface area (Å²) in [4.78, 5) is 17.5. The highest BCUT2D eigenvalue weighted by Crippen LogP contribution is 2.22. The molecule has 2 aromatic heterocycles. The van der Waals surface area contributed by atoms with Gasteiger partial charge in [-0.15, -0.1) is 24.8 Å². The molecule has 0 bridgehead atoms. The van der Waals surface area contributed by atoms with Crippen molar-refractivity contribution < 1.29 is 0 Å². The lowest BCUT2D eigenvalue weighted by molar-refractivity contribution is 0.436. The van der Waals surface area contributed by atoms with Crippen LogP contribution in [-0.2, 0) is 19.5 Å². The van der Waals surface area contributed by atoms with Gasteiger partial charge in [-0.05, 0) is 31.5 Å². The van der Waals surface area contributed by atoms with E-state index in [-0.39, 0.29) is 36.4 Å². The molecule has 1 fully saturated rings. The van der Waals surface area contributed by atoms with Crippen molar-refractivity contribution in [2.24, 2.45) is 0 Å². The highest BCUT2D eigenvalue weighted by atomic mass is 35.5. The molecule has 0 aliphatic carbocycles. The molecule has 4 rings (SSSR count). The van der Waals surface area contributed by atoms with E-state index in [2.05, 4.69) is 21.8 Å². The third kappa shape index (κ3) is 4.91. The summed E-state index contributed by atoms with van der Waals surface area (Å²) in [6.45, 7) is 5.22. The number of aryl methyl sites for hydroxylation is 3. The topological polar surface area (TPSA) is 69.7 Å². The molecule has 3 aromatic rings. The molecular formula is C20H28Cl2N6O. The third-order valence-corrected chi connectivity index (χ3v) is 5.21. The summed E-state index contributed by atoms with van der Waals surface area (Å²) in [7, 11) is 0. The Hall–Kier alpha value is -2.09. The summed E-state index contributed by atoms with van der Waals surface area (Å²) in [5, 5.41) is 8.19. The number of hydrogen-bond acceptors (Lipinski definition) is 4. The number of nitrogens with zero attached hydrogens (tertiary/aromatic N) is 5. The van der Waals surface area contributed by atoms with Crippen molar-refractivity contribution in [2.75, 3.05) is 13.1 Å². The SMILES string of the molecule is CCc1nccn1CCn1nc(C2CCCNC2)n(-c2ccccc2)c1=O.Cl.Cl.